The Bertz CT molecular complexity index is 870. The molecule has 2 heterocycles. The van der Waals surface area contributed by atoms with E-state index < -0.39 is 0 Å². The second-order valence-corrected chi connectivity index (χ2v) is 6.15. The molecule has 2 aromatic heterocycles. The molecule has 0 spiro atoms. The minimum Gasteiger partial charge on any atom is -0.484 e. The molecule has 3 aromatic rings. The summed E-state index contributed by atoms with van der Waals surface area (Å²) in [5.74, 6) is 0.290. The third-order valence-corrected chi connectivity index (χ3v) is 4.37. The van der Waals surface area contributed by atoms with Crippen molar-refractivity contribution in [1.82, 2.24) is 14.8 Å². The third kappa shape index (κ3) is 3.74. The molecule has 6 nitrogen and oxygen atoms in total. The molecule has 8 heteroatoms. The van der Waals surface area contributed by atoms with Gasteiger partial charge in [-0.05, 0) is 24.1 Å². The number of amides is 1. The van der Waals surface area contributed by atoms with Gasteiger partial charge in [-0.2, -0.15) is 5.10 Å². The molecular formula is C16H15ClN4O2S. The summed E-state index contributed by atoms with van der Waals surface area (Å²) >= 11 is 7.51. The van der Waals surface area contributed by atoms with E-state index in [0.29, 0.717) is 16.6 Å². The van der Waals surface area contributed by atoms with Crippen LogP contribution in [0, 0.1) is 0 Å². The van der Waals surface area contributed by atoms with Crippen LogP contribution < -0.4 is 10.2 Å². The summed E-state index contributed by atoms with van der Waals surface area (Å²) < 4.78 is 7.21. The Hall–Kier alpha value is -2.38. The van der Waals surface area contributed by atoms with Crippen LogP contribution in [0.2, 0.25) is 5.15 Å². The molecule has 0 atom stereocenters. The maximum Gasteiger partial charge on any atom is 0.277 e. The first kappa shape index (κ1) is 16.5. The fourth-order valence-electron chi connectivity index (χ4n) is 2.06. The van der Waals surface area contributed by atoms with Crippen LogP contribution >= 0.6 is 22.9 Å². The molecule has 24 heavy (non-hydrogen) atoms. The number of imidazole rings is 1. The van der Waals surface area contributed by atoms with E-state index in [2.05, 4.69) is 22.4 Å². The number of nitrogens with one attached hydrogen (secondary N) is 1. The van der Waals surface area contributed by atoms with Gasteiger partial charge in [0, 0.05) is 11.6 Å². The smallest absolute Gasteiger partial charge is 0.277 e. The van der Waals surface area contributed by atoms with Crippen LogP contribution in [-0.4, -0.2) is 28.1 Å². The zero-order valence-corrected chi connectivity index (χ0v) is 14.5. The van der Waals surface area contributed by atoms with E-state index in [9.17, 15) is 4.79 Å². The lowest BCUT2D eigenvalue weighted by Crippen LogP contribution is -2.24. The molecule has 3 rings (SSSR count). The predicted molar refractivity (Wildman–Crippen MR) is 95.1 cm³/mol. The van der Waals surface area contributed by atoms with Crippen molar-refractivity contribution < 1.29 is 9.53 Å². The zero-order chi connectivity index (χ0) is 16.9. The van der Waals surface area contributed by atoms with Gasteiger partial charge in [-0.3, -0.25) is 9.20 Å². The standard InChI is InChI=1S/C16H15ClN4O2S/c1-2-11-3-5-12(6-4-11)23-10-14(22)20-18-9-13-15(17)19-16-21(13)7-8-24-16/h3-9H,2,10H2,1H3,(H,20,22)/b18-9-. The van der Waals surface area contributed by atoms with E-state index >= 15 is 0 Å². The number of nitrogens with zero attached hydrogens (tertiary/aromatic N) is 3. The number of aryl methyl sites for hydroxylation is 1. The summed E-state index contributed by atoms with van der Waals surface area (Å²) in [6.45, 7) is 1.97. The van der Waals surface area contributed by atoms with Crippen molar-refractivity contribution >= 4 is 40.0 Å². The Morgan fingerprint density at radius 1 is 1.46 bits per heavy atom. The lowest BCUT2D eigenvalue weighted by atomic mass is 10.2. The van der Waals surface area contributed by atoms with Crippen LogP contribution in [0.25, 0.3) is 4.96 Å². The minimum absolute atomic E-state index is 0.114. The quantitative estimate of drug-likeness (QED) is 0.541. The average molecular weight is 363 g/mol. The van der Waals surface area contributed by atoms with Crippen molar-refractivity contribution in [2.45, 2.75) is 13.3 Å². The molecule has 0 aliphatic rings. The number of thiazole rings is 1. The Balaban J connectivity index is 1.53. The fraction of sp³-hybridized carbons (Fsp3) is 0.188. The third-order valence-electron chi connectivity index (χ3n) is 3.33. The van der Waals surface area contributed by atoms with Gasteiger partial charge in [0.05, 0.1) is 6.21 Å². The monoisotopic (exact) mass is 362 g/mol. The van der Waals surface area contributed by atoms with Gasteiger partial charge in [-0.15, -0.1) is 11.3 Å². The number of hydrazone groups is 1. The maximum atomic E-state index is 11.8. The summed E-state index contributed by atoms with van der Waals surface area (Å²) in [5.41, 5.74) is 4.24. The number of benzene rings is 1. The second kappa shape index (κ2) is 7.46. The molecule has 0 saturated carbocycles. The van der Waals surface area contributed by atoms with Crippen LogP contribution in [0.3, 0.4) is 0 Å². The van der Waals surface area contributed by atoms with E-state index in [0.717, 1.165) is 11.4 Å². The predicted octanol–water partition coefficient (Wildman–Crippen LogP) is 3.14. The molecule has 0 fully saturated rings. The highest BCUT2D eigenvalue weighted by atomic mass is 35.5. The lowest BCUT2D eigenvalue weighted by Gasteiger charge is -2.05. The summed E-state index contributed by atoms with van der Waals surface area (Å²) in [6.07, 6.45) is 4.26. The van der Waals surface area contributed by atoms with Crippen LogP contribution in [0.15, 0.2) is 40.9 Å². The van der Waals surface area contributed by atoms with Crippen molar-refractivity contribution in [2.75, 3.05) is 6.61 Å². The first-order chi connectivity index (χ1) is 11.7. The van der Waals surface area contributed by atoms with Crippen LogP contribution in [0.5, 0.6) is 5.75 Å². The summed E-state index contributed by atoms with van der Waals surface area (Å²) in [7, 11) is 0. The molecule has 1 aromatic carbocycles. The van der Waals surface area contributed by atoms with E-state index in [-0.39, 0.29) is 12.5 Å². The minimum atomic E-state index is -0.354. The van der Waals surface area contributed by atoms with Gasteiger partial charge in [0.1, 0.15) is 11.4 Å². The molecule has 0 unspecified atom stereocenters. The molecule has 0 saturated heterocycles. The fourth-order valence-corrected chi connectivity index (χ4v) is 3.05. The topological polar surface area (TPSA) is 68.0 Å². The molecular weight excluding hydrogens is 348 g/mol. The molecule has 0 radical (unpaired) electrons. The highest BCUT2D eigenvalue weighted by Crippen LogP contribution is 2.19. The van der Waals surface area contributed by atoms with Gasteiger partial charge in [-0.1, -0.05) is 30.7 Å². The molecule has 1 N–H and O–H groups in total. The van der Waals surface area contributed by atoms with Gasteiger partial charge in [0.15, 0.2) is 16.7 Å². The summed E-state index contributed by atoms with van der Waals surface area (Å²) in [5, 5.41) is 6.13. The number of hydrogen-bond donors (Lipinski definition) is 1. The van der Waals surface area contributed by atoms with Crippen molar-refractivity contribution in [3.63, 3.8) is 0 Å². The highest BCUT2D eigenvalue weighted by molar-refractivity contribution is 7.15. The van der Waals surface area contributed by atoms with E-state index in [4.69, 9.17) is 16.3 Å². The Labute approximate surface area is 147 Å². The van der Waals surface area contributed by atoms with Gasteiger partial charge >= 0.3 is 0 Å². The number of hydrogen-bond acceptors (Lipinski definition) is 5. The lowest BCUT2D eigenvalue weighted by molar-refractivity contribution is -0.123. The molecule has 0 aliphatic carbocycles. The maximum absolute atomic E-state index is 11.8. The molecule has 124 valence electrons. The SMILES string of the molecule is CCc1ccc(OCC(=O)N/N=C\c2c(Cl)nc3sccn23)cc1. The highest BCUT2D eigenvalue weighted by Gasteiger charge is 2.09. The van der Waals surface area contributed by atoms with Gasteiger partial charge in [0.25, 0.3) is 5.91 Å². The summed E-state index contributed by atoms with van der Waals surface area (Å²) in [4.78, 5) is 16.7. The number of ether oxygens (including phenoxy) is 1. The number of halogens is 1. The zero-order valence-electron chi connectivity index (χ0n) is 12.9. The normalized spacial score (nSPS) is 11.2. The Morgan fingerprint density at radius 2 is 2.25 bits per heavy atom. The number of carbonyl (C=O) groups is 1. The first-order valence-electron chi connectivity index (χ1n) is 7.32. The van der Waals surface area contributed by atoms with Crippen molar-refractivity contribution in [1.29, 1.82) is 0 Å². The summed E-state index contributed by atoms with van der Waals surface area (Å²) in [6, 6.07) is 7.63. The van der Waals surface area contributed by atoms with E-state index in [1.807, 2.05) is 35.8 Å². The van der Waals surface area contributed by atoms with Gasteiger partial charge in [0.2, 0.25) is 0 Å². The van der Waals surface area contributed by atoms with Crippen LogP contribution in [-0.2, 0) is 11.2 Å². The van der Waals surface area contributed by atoms with E-state index in [1.54, 1.807) is 4.40 Å². The number of carbonyl (C=O) groups excluding carboxylic acids is 1. The number of aromatic nitrogens is 2. The molecule has 1 amide bonds. The van der Waals surface area contributed by atoms with Crippen molar-refractivity contribution in [2.24, 2.45) is 5.10 Å². The molecule has 0 bridgehead atoms. The van der Waals surface area contributed by atoms with Crippen molar-refractivity contribution in [3.8, 4) is 5.75 Å². The Kier molecular flexibility index (Phi) is 5.12. The van der Waals surface area contributed by atoms with Crippen LogP contribution in [0.1, 0.15) is 18.2 Å². The number of fused-ring (bicyclic) bond motifs is 1. The average Bonchev–Trinajstić information content (AvgIpc) is 3.15. The Morgan fingerprint density at radius 3 is 3.00 bits per heavy atom. The van der Waals surface area contributed by atoms with E-state index in [1.165, 1.54) is 23.1 Å². The second-order valence-electron chi connectivity index (χ2n) is 4.92. The first-order valence-corrected chi connectivity index (χ1v) is 8.58. The van der Waals surface area contributed by atoms with Crippen molar-refractivity contribution in [3.05, 3.63) is 52.3 Å². The van der Waals surface area contributed by atoms with Gasteiger partial charge in [-0.25, -0.2) is 10.4 Å². The van der Waals surface area contributed by atoms with Gasteiger partial charge < -0.3 is 4.74 Å². The number of rotatable bonds is 6. The largest absolute Gasteiger partial charge is 0.484 e. The van der Waals surface area contributed by atoms with Crippen LogP contribution in [0.4, 0.5) is 0 Å². The molecule has 0 aliphatic heterocycles.